The number of amides is 1. The molecule has 0 atom stereocenters. The fourth-order valence-electron chi connectivity index (χ4n) is 4.03. The third-order valence-corrected chi connectivity index (χ3v) is 6.13. The molecule has 7 nitrogen and oxygen atoms in total. The number of hydrogen-bond donors (Lipinski definition) is 2. The minimum absolute atomic E-state index is 0.0910. The molecule has 0 unspecified atom stereocenters. The van der Waals surface area contributed by atoms with Gasteiger partial charge >= 0.3 is 0 Å². The number of aromatic nitrogens is 4. The average molecular weight is 463 g/mol. The van der Waals surface area contributed by atoms with E-state index in [9.17, 15) is 4.79 Å². The van der Waals surface area contributed by atoms with Gasteiger partial charge in [-0.15, -0.1) is 0 Å². The van der Waals surface area contributed by atoms with Crippen LogP contribution < -0.4 is 11.1 Å². The smallest absolute Gasteiger partial charge is 0.251 e. The Morgan fingerprint density at radius 3 is 2.51 bits per heavy atom. The van der Waals surface area contributed by atoms with Gasteiger partial charge in [-0.05, 0) is 85.5 Å². The quantitative estimate of drug-likeness (QED) is 0.386. The molecule has 0 aliphatic heterocycles. The molecule has 0 spiro atoms. The zero-order valence-corrected chi connectivity index (χ0v) is 19.9. The summed E-state index contributed by atoms with van der Waals surface area (Å²) >= 11 is 0. The number of nitrogens with two attached hydrogens (primary N) is 1. The number of pyridine rings is 2. The minimum Gasteiger partial charge on any atom is -0.383 e. The van der Waals surface area contributed by atoms with Gasteiger partial charge < -0.3 is 11.1 Å². The summed E-state index contributed by atoms with van der Waals surface area (Å²) in [5.74, 6) is 0.998. The minimum atomic E-state index is -0.0910. The maximum atomic E-state index is 12.6. The predicted molar refractivity (Wildman–Crippen MR) is 138 cm³/mol. The Morgan fingerprint density at radius 1 is 0.971 bits per heavy atom. The molecule has 3 heterocycles. The number of imidazole rings is 1. The largest absolute Gasteiger partial charge is 0.383 e. The summed E-state index contributed by atoms with van der Waals surface area (Å²) in [6.07, 6.45) is 3.49. The summed E-state index contributed by atoms with van der Waals surface area (Å²) in [6.45, 7) is 6.46. The van der Waals surface area contributed by atoms with E-state index in [1.54, 1.807) is 6.20 Å². The summed E-state index contributed by atoms with van der Waals surface area (Å²) in [4.78, 5) is 26.3. The van der Waals surface area contributed by atoms with Gasteiger partial charge in [-0.3, -0.25) is 9.36 Å². The third-order valence-electron chi connectivity index (χ3n) is 6.13. The van der Waals surface area contributed by atoms with E-state index in [4.69, 9.17) is 10.7 Å². The Hall–Kier alpha value is -4.52. The number of carbonyl (C=O) groups excluding carboxylic acids is 1. The number of nitrogens with one attached hydrogen (secondary N) is 1. The highest BCUT2D eigenvalue weighted by atomic mass is 16.1. The Morgan fingerprint density at radius 2 is 1.77 bits per heavy atom. The number of fused-ring (bicyclic) bond motifs is 1. The van der Waals surface area contributed by atoms with Crippen LogP contribution in [0.15, 0.2) is 73.1 Å². The molecule has 0 bridgehead atoms. The lowest BCUT2D eigenvalue weighted by molar-refractivity contribution is 0.0951. The molecule has 3 N–H and O–H groups in total. The van der Waals surface area contributed by atoms with Crippen LogP contribution in [0.4, 0.5) is 5.82 Å². The first kappa shape index (κ1) is 22.3. The Bertz CT molecular complexity index is 1550. The van der Waals surface area contributed by atoms with Crippen LogP contribution in [-0.4, -0.2) is 25.4 Å². The molecule has 0 saturated heterocycles. The topological polar surface area (TPSA) is 98.7 Å². The van der Waals surface area contributed by atoms with E-state index in [0.717, 1.165) is 39.1 Å². The first-order valence-corrected chi connectivity index (χ1v) is 11.4. The number of aryl methyl sites for hydroxylation is 3. The van der Waals surface area contributed by atoms with E-state index >= 15 is 0 Å². The zero-order valence-electron chi connectivity index (χ0n) is 19.9. The average Bonchev–Trinajstić information content (AvgIpc) is 3.23. The van der Waals surface area contributed by atoms with Crippen LogP contribution in [0.25, 0.3) is 28.2 Å². The first-order chi connectivity index (χ1) is 16.9. The van der Waals surface area contributed by atoms with Gasteiger partial charge in [0.05, 0.1) is 5.56 Å². The molecular weight excluding hydrogens is 436 g/mol. The lowest BCUT2D eigenvalue weighted by Gasteiger charge is -2.11. The first-order valence-electron chi connectivity index (χ1n) is 11.4. The molecule has 2 aromatic carbocycles. The molecular formula is C28H26N6O. The van der Waals surface area contributed by atoms with Crippen molar-refractivity contribution in [2.75, 3.05) is 5.73 Å². The fraction of sp³-hybridized carbons (Fsp3) is 0.143. The van der Waals surface area contributed by atoms with Crippen molar-refractivity contribution in [2.24, 2.45) is 0 Å². The summed E-state index contributed by atoms with van der Waals surface area (Å²) in [5, 5.41) is 3.00. The van der Waals surface area contributed by atoms with Crippen molar-refractivity contribution in [2.45, 2.75) is 27.3 Å². The van der Waals surface area contributed by atoms with Gasteiger partial charge in [0.2, 0.25) is 0 Å². The Kier molecular flexibility index (Phi) is 5.74. The van der Waals surface area contributed by atoms with Gasteiger partial charge in [0.1, 0.15) is 11.3 Å². The summed E-state index contributed by atoms with van der Waals surface area (Å²) in [6, 6.07) is 19.5. The zero-order chi connectivity index (χ0) is 24.5. The van der Waals surface area contributed by atoms with Crippen LogP contribution in [0.2, 0.25) is 0 Å². The SMILES string of the molecule is Cc1cnc2c(c1)nc(-c1cccnc1N)n2-c1ccc(CNC(=O)c2ccc(C)c(C)c2)cc1. The Balaban J connectivity index is 1.45. The lowest BCUT2D eigenvalue weighted by Crippen LogP contribution is -2.22. The number of nitrogens with zero attached hydrogens (tertiary/aromatic N) is 4. The van der Waals surface area contributed by atoms with Crippen molar-refractivity contribution >= 4 is 22.9 Å². The highest BCUT2D eigenvalue weighted by molar-refractivity contribution is 5.94. The van der Waals surface area contributed by atoms with E-state index < -0.39 is 0 Å². The van der Waals surface area contributed by atoms with E-state index in [0.29, 0.717) is 23.8 Å². The van der Waals surface area contributed by atoms with Crippen LogP contribution in [0.1, 0.15) is 32.6 Å². The van der Waals surface area contributed by atoms with Crippen molar-refractivity contribution in [3.05, 3.63) is 101 Å². The van der Waals surface area contributed by atoms with Gasteiger partial charge in [-0.1, -0.05) is 18.2 Å². The number of benzene rings is 2. The van der Waals surface area contributed by atoms with Gasteiger partial charge in [0, 0.05) is 30.2 Å². The van der Waals surface area contributed by atoms with Crippen LogP contribution in [0.3, 0.4) is 0 Å². The number of hydrogen-bond acceptors (Lipinski definition) is 5. The van der Waals surface area contributed by atoms with Crippen molar-refractivity contribution < 1.29 is 4.79 Å². The molecule has 0 saturated carbocycles. The number of carbonyl (C=O) groups is 1. The maximum absolute atomic E-state index is 12.6. The number of nitrogen functional groups attached to an aromatic ring is 1. The molecule has 0 aliphatic rings. The number of rotatable bonds is 5. The van der Waals surface area contributed by atoms with Gasteiger partial charge in [-0.25, -0.2) is 15.0 Å². The highest BCUT2D eigenvalue weighted by Gasteiger charge is 2.18. The van der Waals surface area contributed by atoms with Crippen LogP contribution in [-0.2, 0) is 6.54 Å². The van der Waals surface area contributed by atoms with E-state index in [1.807, 2.05) is 92.2 Å². The standard InChI is InChI=1S/C28H26N6O/c1-17-13-24-27(31-15-17)34(26(33-24)23-5-4-12-30-25(23)29)22-10-7-20(8-11-22)16-32-28(35)21-9-6-18(2)19(3)14-21/h4-15H,16H2,1-3H3,(H2,29,30)(H,32,35). The van der Waals surface area contributed by atoms with E-state index in [2.05, 4.69) is 15.3 Å². The van der Waals surface area contributed by atoms with Crippen molar-refractivity contribution in [3.63, 3.8) is 0 Å². The monoisotopic (exact) mass is 462 g/mol. The lowest BCUT2D eigenvalue weighted by atomic mass is 10.1. The van der Waals surface area contributed by atoms with Crippen molar-refractivity contribution in [1.82, 2.24) is 24.8 Å². The van der Waals surface area contributed by atoms with Crippen molar-refractivity contribution in [3.8, 4) is 17.1 Å². The molecule has 7 heteroatoms. The number of anilines is 1. The van der Waals surface area contributed by atoms with Crippen LogP contribution in [0.5, 0.6) is 0 Å². The summed E-state index contributed by atoms with van der Waals surface area (Å²) in [7, 11) is 0. The molecule has 0 fully saturated rings. The molecule has 5 rings (SSSR count). The van der Waals surface area contributed by atoms with E-state index in [1.165, 1.54) is 5.56 Å². The molecule has 1 amide bonds. The van der Waals surface area contributed by atoms with Gasteiger partial charge in [0.25, 0.3) is 5.91 Å². The second kappa shape index (κ2) is 9.02. The van der Waals surface area contributed by atoms with E-state index in [-0.39, 0.29) is 5.91 Å². The molecule has 5 aromatic rings. The Labute approximate surface area is 203 Å². The van der Waals surface area contributed by atoms with Crippen molar-refractivity contribution in [1.29, 1.82) is 0 Å². The van der Waals surface area contributed by atoms with Crippen LogP contribution >= 0.6 is 0 Å². The fourth-order valence-corrected chi connectivity index (χ4v) is 4.03. The second-order valence-corrected chi connectivity index (χ2v) is 8.71. The molecule has 0 aliphatic carbocycles. The molecule has 174 valence electrons. The molecule has 3 aromatic heterocycles. The highest BCUT2D eigenvalue weighted by Crippen LogP contribution is 2.30. The molecule has 0 radical (unpaired) electrons. The third kappa shape index (κ3) is 4.36. The van der Waals surface area contributed by atoms with Crippen LogP contribution in [0, 0.1) is 20.8 Å². The predicted octanol–water partition coefficient (Wildman–Crippen LogP) is 4.92. The molecule has 35 heavy (non-hydrogen) atoms. The second-order valence-electron chi connectivity index (χ2n) is 8.71. The van der Waals surface area contributed by atoms with Gasteiger partial charge in [-0.2, -0.15) is 0 Å². The summed E-state index contributed by atoms with van der Waals surface area (Å²) < 4.78 is 1.99. The normalized spacial score (nSPS) is 11.1. The maximum Gasteiger partial charge on any atom is 0.251 e. The summed E-state index contributed by atoms with van der Waals surface area (Å²) in [5.41, 5.74) is 14.3. The van der Waals surface area contributed by atoms with Gasteiger partial charge in [0.15, 0.2) is 11.5 Å².